The summed E-state index contributed by atoms with van der Waals surface area (Å²) in [5.41, 5.74) is -1.89. The van der Waals surface area contributed by atoms with Crippen LogP contribution in [-0.2, 0) is 4.74 Å². The molecule has 1 rings (SSSR count). The van der Waals surface area contributed by atoms with E-state index in [1.165, 1.54) is 0 Å². The third-order valence-corrected chi connectivity index (χ3v) is 2.18. The Hall–Kier alpha value is -0.850. The van der Waals surface area contributed by atoms with Crippen LogP contribution in [0.1, 0.15) is 6.42 Å². The molecule has 0 aromatic rings. The predicted molar refractivity (Wildman–Crippen MR) is 47.9 cm³/mol. The van der Waals surface area contributed by atoms with Crippen molar-refractivity contribution in [2.24, 2.45) is 0 Å². The van der Waals surface area contributed by atoms with Crippen molar-refractivity contribution < 1.29 is 31.1 Å². The average Bonchev–Trinajstić information content (AvgIpc) is 2.12. The molecule has 17 heavy (non-hydrogen) atoms. The first-order valence-electron chi connectivity index (χ1n) is 4.30. The minimum absolute atomic E-state index is 0.440. The molecule has 1 aliphatic carbocycles. The first kappa shape index (κ1) is 14.2. The van der Waals surface area contributed by atoms with Gasteiger partial charge in [-0.05, 0) is 12.0 Å². The van der Waals surface area contributed by atoms with Crippen molar-refractivity contribution in [3.05, 3.63) is 29.4 Å². The summed E-state index contributed by atoms with van der Waals surface area (Å²) in [6.45, 7) is 0. The van der Waals surface area contributed by atoms with Gasteiger partial charge in [-0.1, -0.05) is 6.08 Å². The summed E-state index contributed by atoms with van der Waals surface area (Å²) in [7, 11) is 0. The maximum atomic E-state index is 12.6. The molecule has 0 aliphatic heterocycles. The van der Waals surface area contributed by atoms with Gasteiger partial charge in [0.05, 0.1) is 5.57 Å². The molecule has 0 saturated carbocycles. The molecule has 1 aliphatic rings. The SMILES string of the molecule is FC(F)(F)OC1=C(C(F)(F)F)C(CCl)=C[CH]C1. The molecule has 0 aromatic heterocycles. The highest BCUT2D eigenvalue weighted by molar-refractivity contribution is 6.19. The van der Waals surface area contributed by atoms with Crippen molar-refractivity contribution in [1.82, 2.24) is 0 Å². The summed E-state index contributed by atoms with van der Waals surface area (Å²) < 4.78 is 77.0. The summed E-state index contributed by atoms with van der Waals surface area (Å²) in [5, 5.41) is 0. The van der Waals surface area contributed by atoms with E-state index in [1.807, 2.05) is 0 Å². The second-order valence-corrected chi connectivity index (χ2v) is 3.38. The summed E-state index contributed by atoms with van der Waals surface area (Å²) in [6, 6.07) is 0. The van der Waals surface area contributed by atoms with Gasteiger partial charge >= 0.3 is 12.5 Å². The molecular weight excluding hydrogens is 274 g/mol. The van der Waals surface area contributed by atoms with Crippen LogP contribution in [0.4, 0.5) is 26.3 Å². The van der Waals surface area contributed by atoms with Crippen LogP contribution in [-0.4, -0.2) is 18.4 Å². The molecule has 97 valence electrons. The Morgan fingerprint density at radius 3 is 2.18 bits per heavy atom. The summed E-state index contributed by atoms with van der Waals surface area (Å²) in [5.74, 6) is -1.72. The quantitative estimate of drug-likeness (QED) is 0.546. The Morgan fingerprint density at radius 1 is 1.18 bits per heavy atom. The zero-order chi connectivity index (χ0) is 13.3. The number of hydrogen-bond acceptors (Lipinski definition) is 1. The van der Waals surface area contributed by atoms with Crippen molar-refractivity contribution >= 4 is 11.6 Å². The van der Waals surface area contributed by atoms with E-state index in [0.717, 1.165) is 12.5 Å². The molecule has 8 heteroatoms. The standard InChI is InChI=1S/C9H6ClF6O/c10-4-5-2-1-3-6(17-9(14,15)16)7(5)8(11,12)13/h1-2H,3-4H2. The average molecular weight is 280 g/mol. The van der Waals surface area contributed by atoms with Crippen LogP contribution >= 0.6 is 11.6 Å². The maximum absolute atomic E-state index is 12.6. The fourth-order valence-electron chi connectivity index (χ4n) is 1.36. The number of hydrogen-bond donors (Lipinski definition) is 0. The van der Waals surface area contributed by atoms with Gasteiger partial charge in [-0.3, -0.25) is 0 Å². The third-order valence-electron chi connectivity index (χ3n) is 1.89. The van der Waals surface area contributed by atoms with Crippen LogP contribution in [0.15, 0.2) is 23.0 Å². The Bertz CT molecular complexity index is 351. The van der Waals surface area contributed by atoms with Gasteiger partial charge in [0.25, 0.3) is 0 Å². The molecule has 0 saturated heterocycles. The highest BCUT2D eigenvalue weighted by Crippen LogP contribution is 2.40. The molecule has 1 nitrogen and oxygen atoms in total. The van der Waals surface area contributed by atoms with Crippen molar-refractivity contribution in [3.63, 3.8) is 0 Å². The largest absolute Gasteiger partial charge is 0.572 e. The summed E-state index contributed by atoms with van der Waals surface area (Å²) in [4.78, 5) is 0. The lowest BCUT2D eigenvalue weighted by Crippen LogP contribution is -2.24. The van der Waals surface area contributed by atoms with Crippen molar-refractivity contribution in [3.8, 4) is 0 Å². The van der Waals surface area contributed by atoms with Gasteiger partial charge in [0.15, 0.2) is 0 Å². The van der Waals surface area contributed by atoms with Crippen LogP contribution in [0.25, 0.3) is 0 Å². The number of ether oxygens (including phenoxy) is 1. The zero-order valence-electron chi connectivity index (χ0n) is 8.12. The van der Waals surface area contributed by atoms with E-state index in [4.69, 9.17) is 11.6 Å². The topological polar surface area (TPSA) is 9.23 Å². The fraction of sp³-hybridized carbons (Fsp3) is 0.444. The fourth-order valence-corrected chi connectivity index (χ4v) is 1.58. The van der Waals surface area contributed by atoms with Crippen molar-refractivity contribution in [2.45, 2.75) is 19.0 Å². The second-order valence-electron chi connectivity index (χ2n) is 3.11. The highest BCUT2D eigenvalue weighted by atomic mass is 35.5. The Balaban J connectivity index is 3.17. The van der Waals surface area contributed by atoms with E-state index in [2.05, 4.69) is 4.74 Å². The van der Waals surface area contributed by atoms with E-state index < -0.39 is 41.7 Å². The normalized spacial score (nSPS) is 18.2. The Kier molecular flexibility index (Phi) is 4.01. The van der Waals surface area contributed by atoms with Crippen molar-refractivity contribution in [1.29, 1.82) is 0 Å². The number of alkyl halides is 7. The number of rotatable bonds is 2. The molecular formula is C9H6ClF6O. The van der Waals surface area contributed by atoms with Crippen LogP contribution in [0, 0.1) is 6.42 Å². The molecule has 0 N–H and O–H groups in total. The van der Waals surface area contributed by atoms with Crippen LogP contribution < -0.4 is 0 Å². The summed E-state index contributed by atoms with van der Waals surface area (Å²) >= 11 is 5.26. The van der Waals surface area contributed by atoms with Gasteiger partial charge in [-0.15, -0.1) is 24.8 Å². The smallest absolute Gasteiger partial charge is 0.410 e. The van der Waals surface area contributed by atoms with Gasteiger partial charge in [-0.25, -0.2) is 0 Å². The zero-order valence-corrected chi connectivity index (χ0v) is 8.88. The van der Waals surface area contributed by atoms with E-state index >= 15 is 0 Å². The Labute approximate surface area is 97.7 Å². The molecule has 0 bridgehead atoms. The molecule has 0 unspecified atom stereocenters. The van der Waals surface area contributed by atoms with Gasteiger partial charge in [0.1, 0.15) is 5.76 Å². The maximum Gasteiger partial charge on any atom is 0.572 e. The number of allylic oxidation sites excluding steroid dienone is 4. The molecule has 0 atom stereocenters. The monoisotopic (exact) mass is 279 g/mol. The lowest BCUT2D eigenvalue weighted by Gasteiger charge is -2.23. The van der Waals surface area contributed by atoms with E-state index in [1.54, 1.807) is 0 Å². The molecule has 0 heterocycles. The molecule has 0 spiro atoms. The van der Waals surface area contributed by atoms with E-state index in [-0.39, 0.29) is 0 Å². The molecule has 0 fully saturated rings. The highest BCUT2D eigenvalue weighted by Gasteiger charge is 2.43. The lowest BCUT2D eigenvalue weighted by molar-refractivity contribution is -0.307. The van der Waals surface area contributed by atoms with Crippen LogP contribution in [0.2, 0.25) is 0 Å². The van der Waals surface area contributed by atoms with E-state index in [9.17, 15) is 26.3 Å². The first-order chi connectivity index (χ1) is 7.65. The molecule has 0 amide bonds. The minimum Gasteiger partial charge on any atom is -0.410 e. The molecule has 1 radical (unpaired) electrons. The lowest BCUT2D eigenvalue weighted by atomic mass is 9.97. The van der Waals surface area contributed by atoms with Crippen LogP contribution in [0.3, 0.4) is 0 Å². The second kappa shape index (κ2) is 4.80. The van der Waals surface area contributed by atoms with Gasteiger partial charge in [-0.2, -0.15) is 13.2 Å². The van der Waals surface area contributed by atoms with Gasteiger partial charge < -0.3 is 4.74 Å². The van der Waals surface area contributed by atoms with E-state index in [0.29, 0.717) is 0 Å². The number of halogens is 7. The first-order valence-corrected chi connectivity index (χ1v) is 4.83. The van der Waals surface area contributed by atoms with Crippen LogP contribution in [0.5, 0.6) is 0 Å². The van der Waals surface area contributed by atoms with Gasteiger partial charge in [0.2, 0.25) is 0 Å². The summed E-state index contributed by atoms with van der Waals surface area (Å²) in [6.07, 6.45) is -8.49. The Morgan fingerprint density at radius 2 is 1.76 bits per heavy atom. The molecule has 0 aromatic carbocycles. The predicted octanol–water partition coefficient (Wildman–Crippen LogP) is 4.11. The van der Waals surface area contributed by atoms with Gasteiger partial charge in [0, 0.05) is 12.3 Å². The third kappa shape index (κ3) is 3.83. The minimum atomic E-state index is -5.16. The van der Waals surface area contributed by atoms with Crippen molar-refractivity contribution in [2.75, 3.05) is 5.88 Å².